The van der Waals surface area contributed by atoms with Crippen LogP contribution in [0.4, 0.5) is 0 Å². The van der Waals surface area contributed by atoms with E-state index in [1.807, 2.05) is 4.57 Å². The number of rotatable bonds is 3. The Morgan fingerprint density at radius 3 is 2.64 bits per heavy atom. The summed E-state index contributed by atoms with van der Waals surface area (Å²) in [6.45, 7) is 0.136. The second-order valence-electron chi connectivity index (χ2n) is 5.71. The molecule has 1 aliphatic rings. The summed E-state index contributed by atoms with van der Waals surface area (Å²) in [7, 11) is 0. The van der Waals surface area contributed by atoms with E-state index < -0.39 is 0 Å². The molecule has 0 spiro atoms. The third-order valence-corrected chi connectivity index (χ3v) is 4.97. The number of fused-ring (bicyclic) bond motifs is 1. The van der Waals surface area contributed by atoms with Crippen LogP contribution < -0.4 is 11.3 Å². The summed E-state index contributed by atoms with van der Waals surface area (Å²) >= 11 is 12.2. The van der Waals surface area contributed by atoms with Gasteiger partial charge in [0.05, 0.1) is 21.1 Å². The largest absolute Gasteiger partial charge is 0.318 e. The van der Waals surface area contributed by atoms with Gasteiger partial charge in [-0.1, -0.05) is 42.5 Å². The lowest BCUT2D eigenvalue weighted by Crippen LogP contribution is -2.33. The van der Waals surface area contributed by atoms with Gasteiger partial charge in [-0.25, -0.2) is 10.8 Å². The molecule has 1 saturated carbocycles. The topological polar surface area (TPSA) is 72.9 Å². The fourth-order valence-corrected chi connectivity index (χ4v) is 3.48. The van der Waals surface area contributed by atoms with E-state index >= 15 is 0 Å². The van der Waals surface area contributed by atoms with E-state index in [1.165, 1.54) is 19.3 Å². The standard InChI is InChI=1S/C15H18Cl2N4O/c16-10-6-12-13(7-11(10)17)21(8-14(22)20-18)15(19-12)9-4-2-1-3-5-9/h6-7,9H,1-5,8,18H2,(H,20,22). The molecule has 22 heavy (non-hydrogen) atoms. The van der Waals surface area contributed by atoms with E-state index in [-0.39, 0.29) is 12.5 Å². The molecular weight excluding hydrogens is 323 g/mol. The molecule has 1 aromatic carbocycles. The predicted molar refractivity (Wildman–Crippen MR) is 87.9 cm³/mol. The third-order valence-electron chi connectivity index (χ3n) is 4.25. The van der Waals surface area contributed by atoms with Crippen LogP contribution in [0.3, 0.4) is 0 Å². The van der Waals surface area contributed by atoms with E-state index in [0.29, 0.717) is 16.0 Å². The maximum Gasteiger partial charge on any atom is 0.253 e. The van der Waals surface area contributed by atoms with Gasteiger partial charge in [0, 0.05) is 5.92 Å². The Labute approximate surface area is 138 Å². The SMILES string of the molecule is NNC(=O)Cn1c(C2CCCCC2)nc2cc(Cl)c(Cl)cc21. The third kappa shape index (κ3) is 2.93. The number of hydrogen-bond acceptors (Lipinski definition) is 3. The van der Waals surface area contributed by atoms with Gasteiger partial charge in [0.25, 0.3) is 5.91 Å². The van der Waals surface area contributed by atoms with E-state index in [2.05, 4.69) is 5.43 Å². The van der Waals surface area contributed by atoms with E-state index in [4.69, 9.17) is 34.0 Å². The van der Waals surface area contributed by atoms with Gasteiger partial charge >= 0.3 is 0 Å². The molecule has 0 radical (unpaired) electrons. The molecule has 3 N–H and O–H groups in total. The molecule has 1 heterocycles. The second kappa shape index (κ2) is 6.44. The lowest BCUT2D eigenvalue weighted by Gasteiger charge is -2.22. The number of benzene rings is 1. The van der Waals surface area contributed by atoms with Gasteiger partial charge in [-0.15, -0.1) is 0 Å². The Hall–Kier alpha value is -1.30. The first kappa shape index (κ1) is 15.6. The predicted octanol–water partition coefficient (Wildman–Crippen LogP) is 3.38. The number of imidazole rings is 1. The zero-order valence-corrected chi connectivity index (χ0v) is 13.6. The van der Waals surface area contributed by atoms with Crippen molar-refractivity contribution < 1.29 is 4.79 Å². The van der Waals surface area contributed by atoms with Crippen molar-refractivity contribution in [3.63, 3.8) is 0 Å². The zero-order valence-electron chi connectivity index (χ0n) is 12.1. The van der Waals surface area contributed by atoms with Gasteiger partial charge in [-0.3, -0.25) is 10.2 Å². The highest BCUT2D eigenvalue weighted by Gasteiger charge is 2.24. The van der Waals surface area contributed by atoms with E-state index in [9.17, 15) is 4.79 Å². The number of nitrogens with one attached hydrogen (secondary N) is 1. The average molecular weight is 341 g/mol. The Bertz CT molecular complexity index is 707. The number of halogens is 2. The van der Waals surface area contributed by atoms with E-state index in [1.54, 1.807) is 12.1 Å². The maximum absolute atomic E-state index is 11.8. The molecule has 1 aromatic heterocycles. The fraction of sp³-hybridized carbons (Fsp3) is 0.467. The van der Waals surface area contributed by atoms with Gasteiger partial charge in [-0.2, -0.15) is 0 Å². The van der Waals surface area contributed by atoms with Gasteiger partial charge < -0.3 is 4.57 Å². The first-order valence-electron chi connectivity index (χ1n) is 7.44. The summed E-state index contributed by atoms with van der Waals surface area (Å²) in [4.78, 5) is 16.5. The van der Waals surface area contributed by atoms with Gasteiger partial charge in [0.2, 0.25) is 0 Å². The quantitative estimate of drug-likeness (QED) is 0.511. The highest BCUT2D eigenvalue weighted by atomic mass is 35.5. The van der Waals surface area contributed by atoms with Crippen LogP contribution in [-0.2, 0) is 11.3 Å². The van der Waals surface area contributed by atoms with Crippen molar-refractivity contribution >= 4 is 40.1 Å². The lowest BCUT2D eigenvalue weighted by molar-refractivity contribution is -0.121. The molecule has 0 bridgehead atoms. The molecular formula is C15H18Cl2N4O. The van der Waals surface area contributed by atoms with Crippen LogP contribution in [-0.4, -0.2) is 15.5 Å². The normalized spacial score (nSPS) is 16.1. The highest BCUT2D eigenvalue weighted by molar-refractivity contribution is 6.42. The number of nitrogens with two attached hydrogens (primary N) is 1. The van der Waals surface area contributed by atoms with Gasteiger partial charge in [0.1, 0.15) is 12.4 Å². The highest BCUT2D eigenvalue weighted by Crippen LogP contribution is 2.35. The van der Waals surface area contributed by atoms with Crippen molar-refractivity contribution in [3.8, 4) is 0 Å². The van der Waals surface area contributed by atoms with Crippen molar-refractivity contribution in [1.29, 1.82) is 0 Å². The number of carbonyl (C=O) groups excluding carboxylic acids is 1. The second-order valence-corrected chi connectivity index (χ2v) is 6.53. The van der Waals surface area contributed by atoms with E-state index in [0.717, 1.165) is 29.7 Å². The Balaban J connectivity index is 2.11. The fourth-order valence-electron chi connectivity index (χ4n) is 3.17. The average Bonchev–Trinajstić information content (AvgIpc) is 2.86. The van der Waals surface area contributed by atoms with Crippen LogP contribution in [0.2, 0.25) is 10.0 Å². The van der Waals surface area contributed by atoms with Crippen molar-refractivity contribution in [2.75, 3.05) is 0 Å². The monoisotopic (exact) mass is 340 g/mol. The van der Waals surface area contributed by atoms with Crippen molar-refractivity contribution in [3.05, 3.63) is 28.0 Å². The Kier molecular flexibility index (Phi) is 4.57. The van der Waals surface area contributed by atoms with Crippen LogP contribution in [0.25, 0.3) is 11.0 Å². The van der Waals surface area contributed by atoms with Crippen LogP contribution in [0.15, 0.2) is 12.1 Å². The molecule has 3 rings (SSSR count). The molecule has 1 aliphatic carbocycles. The minimum Gasteiger partial charge on any atom is -0.318 e. The summed E-state index contributed by atoms with van der Waals surface area (Å²) in [6, 6.07) is 3.52. The summed E-state index contributed by atoms with van der Waals surface area (Å²) in [5, 5.41) is 0.927. The molecule has 118 valence electrons. The van der Waals surface area contributed by atoms with Crippen molar-refractivity contribution in [2.24, 2.45) is 5.84 Å². The smallest absolute Gasteiger partial charge is 0.253 e. The Morgan fingerprint density at radius 1 is 1.27 bits per heavy atom. The molecule has 1 fully saturated rings. The zero-order chi connectivity index (χ0) is 15.7. The molecule has 2 aromatic rings. The van der Waals surface area contributed by atoms with Crippen LogP contribution in [0, 0.1) is 0 Å². The molecule has 0 saturated heterocycles. The molecule has 0 unspecified atom stereocenters. The number of carbonyl (C=O) groups is 1. The molecule has 0 atom stereocenters. The Morgan fingerprint density at radius 2 is 1.95 bits per heavy atom. The van der Waals surface area contributed by atoms with Crippen molar-refractivity contribution in [1.82, 2.24) is 15.0 Å². The number of aromatic nitrogens is 2. The summed E-state index contributed by atoms with van der Waals surface area (Å²) in [6.07, 6.45) is 5.83. The molecule has 7 heteroatoms. The van der Waals surface area contributed by atoms with Crippen molar-refractivity contribution in [2.45, 2.75) is 44.6 Å². The minimum absolute atomic E-state index is 0.136. The number of hydrogen-bond donors (Lipinski definition) is 2. The van der Waals surface area contributed by atoms with Crippen LogP contribution >= 0.6 is 23.2 Å². The van der Waals surface area contributed by atoms with Crippen LogP contribution in [0.5, 0.6) is 0 Å². The molecule has 0 aliphatic heterocycles. The van der Waals surface area contributed by atoms with Crippen LogP contribution in [0.1, 0.15) is 43.8 Å². The lowest BCUT2D eigenvalue weighted by atomic mass is 9.88. The summed E-state index contributed by atoms with van der Waals surface area (Å²) in [5.41, 5.74) is 3.76. The minimum atomic E-state index is -0.262. The maximum atomic E-state index is 11.8. The van der Waals surface area contributed by atoms with Gasteiger partial charge in [0.15, 0.2) is 0 Å². The first-order chi connectivity index (χ1) is 10.6. The summed E-state index contributed by atoms with van der Waals surface area (Å²) in [5.74, 6) is 6.27. The van der Waals surface area contributed by atoms with Gasteiger partial charge in [-0.05, 0) is 25.0 Å². The molecule has 1 amide bonds. The summed E-state index contributed by atoms with van der Waals surface area (Å²) < 4.78 is 1.91. The number of amides is 1. The number of hydrazine groups is 1. The first-order valence-corrected chi connectivity index (χ1v) is 8.20. The number of nitrogens with zero attached hydrogens (tertiary/aromatic N) is 2. The molecule has 5 nitrogen and oxygen atoms in total.